The lowest BCUT2D eigenvalue weighted by atomic mass is 9.65. The first-order valence-corrected chi connectivity index (χ1v) is 17.0. The van der Waals surface area contributed by atoms with Crippen molar-refractivity contribution in [2.75, 3.05) is 24.6 Å². The van der Waals surface area contributed by atoms with Crippen LogP contribution in [0.1, 0.15) is 81.3 Å². The summed E-state index contributed by atoms with van der Waals surface area (Å²) in [5.74, 6) is 0.317. The highest BCUT2D eigenvalue weighted by Gasteiger charge is 2.45. The molecule has 2 bridgehead atoms. The van der Waals surface area contributed by atoms with Crippen LogP contribution in [-0.2, 0) is 21.9 Å². The molecule has 0 spiro atoms. The molecule has 0 unspecified atom stereocenters. The average Bonchev–Trinajstić information content (AvgIpc) is 3.04. The second-order valence-corrected chi connectivity index (χ2v) is 15.4. The summed E-state index contributed by atoms with van der Waals surface area (Å²) < 4.78 is 34.7. The van der Waals surface area contributed by atoms with Gasteiger partial charge in [-0.2, -0.15) is 0 Å². The summed E-state index contributed by atoms with van der Waals surface area (Å²) in [6.45, 7) is 9.56. The molecule has 0 radical (unpaired) electrons. The first-order chi connectivity index (χ1) is 19.8. The Morgan fingerprint density at radius 3 is 2.64 bits per heavy atom. The third-order valence-electron chi connectivity index (χ3n) is 9.47. The minimum atomic E-state index is -3.89. The van der Waals surface area contributed by atoms with Crippen molar-refractivity contribution < 1.29 is 23.1 Å². The van der Waals surface area contributed by atoms with Gasteiger partial charge in [0.15, 0.2) is 0 Å². The van der Waals surface area contributed by atoms with Gasteiger partial charge in [-0.1, -0.05) is 50.1 Å². The van der Waals surface area contributed by atoms with Gasteiger partial charge >= 0.3 is 0 Å². The van der Waals surface area contributed by atoms with Crippen LogP contribution in [0.15, 0.2) is 48.6 Å². The SMILES string of the molecule is CCCc1cc(Cl)ccc1[C@]1(C)COc2ccc3cc2N(C[C@@H]2CC[C@H]2[C@](C)(O)/C=C/CC[C@H](C)S(=O)(=O)NC3=O)C1. The molecule has 7 nitrogen and oxygen atoms in total. The zero-order valence-electron chi connectivity index (χ0n) is 25.0. The van der Waals surface area contributed by atoms with Crippen molar-refractivity contribution in [3.05, 3.63) is 70.3 Å². The number of nitrogens with zero attached hydrogens (tertiary/aromatic N) is 1. The molecule has 5 rings (SSSR count). The van der Waals surface area contributed by atoms with Crippen molar-refractivity contribution in [2.45, 2.75) is 82.5 Å². The molecule has 9 heteroatoms. The third-order valence-corrected chi connectivity index (χ3v) is 11.5. The Labute approximate surface area is 255 Å². The highest BCUT2D eigenvalue weighted by molar-refractivity contribution is 7.90. The largest absolute Gasteiger partial charge is 0.490 e. The van der Waals surface area contributed by atoms with Crippen molar-refractivity contribution in [1.82, 2.24) is 4.72 Å². The summed E-state index contributed by atoms with van der Waals surface area (Å²) >= 11 is 6.42. The number of aliphatic hydroxyl groups is 1. The smallest absolute Gasteiger partial charge is 0.264 e. The van der Waals surface area contributed by atoms with E-state index < -0.39 is 32.2 Å². The van der Waals surface area contributed by atoms with Crippen molar-refractivity contribution in [3.63, 3.8) is 0 Å². The molecular formula is C33H43ClN2O5S. The highest BCUT2D eigenvalue weighted by Crippen LogP contribution is 2.46. The van der Waals surface area contributed by atoms with Crippen LogP contribution in [0.25, 0.3) is 0 Å². The maximum absolute atomic E-state index is 13.2. The zero-order valence-corrected chi connectivity index (χ0v) is 26.6. The van der Waals surface area contributed by atoms with Crippen molar-refractivity contribution in [1.29, 1.82) is 0 Å². The van der Waals surface area contributed by atoms with Crippen LogP contribution < -0.4 is 14.4 Å². The quantitative estimate of drug-likeness (QED) is 0.410. The van der Waals surface area contributed by atoms with Crippen LogP contribution in [0, 0.1) is 11.8 Å². The monoisotopic (exact) mass is 614 g/mol. The highest BCUT2D eigenvalue weighted by atomic mass is 35.5. The van der Waals surface area contributed by atoms with E-state index in [4.69, 9.17) is 16.3 Å². The van der Waals surface area contributed by atoms with Gasteiger partial charge in [-0.3, -0.25) is 4.79 Å². The molecule has 1 saturated carbocycles. The Bertz CT molecular complexity index is 1470. The molecule has 3 aliphatic rings. The number of rotatable bonds is 3. The summed E-state index contributed by atoms with van der Waals surface area (Å²) in [6, 6.07) is 11.2. The van der Waals surface area contributed by atoms with Crippen molar-refractivity contribution >= 4 is 33.2 Å². The lowest BCUT2D eigenvalue weighted by Crippen LogP contribution is -2.50. The van der Waals surface area contributed by atoms with Crippen LogP contribution >= 0.6 is 11.6 Å². The second-order valence-electron chi connectivity index (χ2n) is 12.9. The van der Waals surface area contributed by atoms with Crippen LogP contribution in [-0.4, -0.2) is 50.0 Å². The fraction of sp³-hybridized carbons (Fsp3) is 0.545. The molecule has 1 aliphatic carbocycles. The van der Waals surface area contributed by atoms with Crippen molar-refractivity contribution in [2.24, 2.45) is 11.8 Å². The maximum Gasteiger partial charge on any atom is 0.264 e. The molecule has 228 valence electrons. The molecule has 1 fully saturated rings. The predicted octanol–water partition coefficient (Wildman–Crippen LogP) is 6.02. The number of anilines is 1. The summed E-state index contributed by atoms with van der Waals surface area (Å²) in [4.78, 5) is 15.5. The third kappa shape index (κ3) is 6.22. The van der Waals surface area contributed by atoms with Gasteiger partial charge in [0.1, 0.15) is 5.75 Å². The first-order valence-electron chi connectivity index (χ1n) is 15.1. The molecule has 2 N–H and O–H groups in total. The number of carbonyl (C=O) groups excluding carboxylic acids is 1. The van der Waals surface area contributed by atoms with E-state index in [1.54, 1.807) is 25.1 Å². The number of ether oxygens (including phenoxy) is 1. The van der Waals surface area contributed by atoms with Gasteiger partial charge in [0, 0.05) is 29.1 Å². The van der Waals surface area contributed by atoms with Gasteiger partial charge in [-0.15, -0.1) is 0 Å². The molecule has 2 aromatic carbocycles. The van der Waals surface area contributed by atoms with Gasteiger partial charge in [0.25, 0.3) is 5.91 Å². The molecule has 0 aromatic heterocycles. The molecule has 1 amide bonds. The summed E-state index contributed by atoms with van der Waals surface area (Å²) in [6.07, 6.45) is 8.35. The number of allylic oxidation sites excluding steroid dienone is 1. The van der Waals surface area contributed by atoms with E-state index in [1.165, 1.54) is 11.1 Å². The Kier molecular flexibility index (Phi) is 8.72. The van der Waals surface area contributed by atoms with E-state index in [2.05, 4.69) is 29.5 Å². The molecule has 5 atom stereocenters. The Hall–Kier alpha value is -2.55. The van der Waals surface area contributed by atoms with E-state index in [1.807, 2.05) is 31.2 Å². The predicted molar refractivity (Wildman–Crippen MR) is 168 cm³/mol. The summed E-state index contributed by atoms with van der Waals surface area (Å²) in [7, 11) is -3.89. The standard InChI is InChI=1S/C33H43ClN2O5S/c1-5-8-23-17-26(34)12-14-27(23)32(3)20-36-19-25-10-13-28(25)33(4,38)16-7-6-9-22(2)42(39,40)35-31(37)24-11-15-30(41-21-32)29(36)18-24/h7,11-12,14-18,22,25,28,38H,5-6,8-10,13,19-21H2,1-4H3,(H,35,37)/b16-7+/t22-,25-,28+,32-,33+/m0/s1. The van der Waals surface area contributed by atoms with E-state index in [9.17, 15) is 18.3 Å². The normalized spacial score (nSPS) is 32.0. The van der Waals surface area contributed by atoms with Crippen LogP contribution in [0.3, 0.4) is 0 Å². The zero-order chi connectivity index (χ0) is 30.3. The molecule has 2 heterocycles. The number of carbonyl (C=O) groups is 1. The molecule has 2 aromatic rings. The number of benzene rings is 2. The van der Waals surface area contributed by atoms with Crippen LogP contribution in [0.5, 0.6) is 5.75 Å². The van der Waals surface area contributed by atoms with Gasteiger partial charge in [0.2, 0.25) is 10.0 Å². The van der Waals surface area contributed by atoms with Crippen LogP contribution in [0.4, 0.5) is 5.69 Å². The Morgan fingerprint density at radius 2 is 1.93 bits per heavy atom. The number of halogens is 1. The number of sulfonamides is 1. The lowest BCUT2D eigenvalue weighted by molar-refractivity contribution is -0.0313. The molecular weight excluding hydrogens is 572 g/mol. The fourth-order valence-electron chi connectivity index (χ4n) is 6.83. The van der Waals surface area contributed by atoms with E-state index in [0.717, 1.165) is 31.4 Å². The summed E-state index contributed by atoms with van der Waals surface area (Å²) in [5, 5.41) is 11.4. The lowest BCUT2D eigenvalue weighted by Gasteiger charge is -2.47. The number of nitrogens with one attached hydrogen (secondary N) is 1. The van der Waals surface area contributed by atoms with Crippen LogP contribution in [0.2, 0.25) is 5.02 Å². The minimum Gasteiger partial charge on any atom is -0.490 e. The number of aryl methyl sites for hydroxylation is 1. The number of hydrogen-bond donors (Lipinski definition) is 2. The van der Waals surface area contributed by atoms with Crippen molar-refractivity contribution in [3.8, 4) is 5.75 Å². The first kappa shape index (κ1) is 30.9. The second kappa shape index (κ2) is 11.9. The Morgan fingerprint density at radius 1 is 1.14 bits per heavy atom. The minimum absolute atomic E-state index is 0.0688. The maximum atomic E-state index is 13.2. The fourth-order valence-corrected chi connectivity index (χ4v) is 8.05. The van der Waals surface area contributed by atoms with Gasteiger partial charge in [-0.25, -0.2) is 13.1 Å². The summed E-state index contributed by atoms with van der Waals surface area (Å²) in [5.41, 5.74) is 2.02. The van der Waals surface area contributed by atoms with E-state index in [-0.39, 0.29) is 17.4 Å². The number of hydrogen-bond acceptors (Lipinski definition) is 6. The van der Waals surface area contributed by atoms with E-state index >= 15 is 0 Å². The Balaban J connectivity index is 1.59. The van der Waals surface area contributed by atoms with Gasteiger partial charge < -0.3 is 14.7 Å². The molecule has 42 heavy (non-hydrogen) atoms. The molecule has 0 saturated heterocycles. The topological polar surface area (TPSA) is 95.9 Å². The number of amides is 1. The number of fused-ring (bicyclic) bond motifs is 2. The van der Waals surface area contributed by atoms with E-state index in [0.29, 0.717) is 43.3 Å². The van der Waals surface area contributed by atoms with Gasteiger partial charge in [-0.05, 0) is 99.2 Å². The molecule has 2 aliphatic heterocycles. The van der Waals surface area contributed by atoms with Gasteiger partial charge in [0.05, 0.1) is 23.1 Å². The average molecular weight is 615 g/mol.